The number of halogens is 4. The van der Waals surface area contributed by atoms with Crippen molar-refractivity contribution in [1.82, 2.24) is 4.59 Å². The van der Waals surface area contributed by atoms with Crippen LogP contribution < -0.4 is 10.3 Å². The van der Waals surface area contributed by atoms with Crippen LogP contribution in [-0.2, 0) is 14.4 Å². The number of quaternary nitrogens is 1. The van der Waals surface area contributed by atoms with E-state index in [4.69, 9.17) is 17.3 Å². The molecule has 1 aromatic carbocycles. The summed E-state index contributed by atoms with van der Waals surface area (Å²) in [5.41, 5.74) is 4.62. The van der Waals surface area contributed by atoms with Crippen LogP contribution in [0.1, 0.15) is 22.3 Å². The third-order valence-electron chi connectivity index (χ3n) is 4.59. The summed E-state index contributed by atoms with van der Waals surface area (Å²) >= 11 is 6.78. The number of amides is 1. The van der Waals surface area contributed by atoms with E-state index >= 15 is 0 Å². The molecule has 0 bridgehead atoms. The number of ether oxygens (including phenoxy) is 1. The molecule has 0 saturated heterocycles. The van der Waals surface area contributed by atoms with E-state index in [1.165, 1.54) is 25.2 Å². The Hall–Kier alpha value is -2.91. The molecule has 1 aromatic rings. The standard InChI is InChI=1S/C19H15ClF3N3O3/c1-26(10-14(29-11-27)16(25-26)19(21,22)23)13-7-5-6-12(17(24)28)15(13)18(20)8-3-2-4-9-18/h2-8,10-11H,9H2,1H3,(H-,24,28)/p+1. The van der Waals surface area contributed by atoms with Gasteiger partial charge in [0.05, 0.1) is 16.0 Å². The van der Waals surface area contributed by atoms with E-state index in [0.717, 1.165) is 6.20 Å². The summed E-state index contributed by atoms with van der Waals surface area (Å²) in [6.45, 7) is -0.110. The van der Waals surface area contributed by atoms with Gasteiger partial charge in [-0.05, 0) is 12.5 Å². The first-order chi connectivity index (χ1) is 13.5. The summed E-state index contributed by atoms with van der Waals surface area (Å²) in [5.74, 6) is -1.53. The molecule has 2 N–H and O–H groups in total. The van der Waals surface area contributed by atoms with Gasteiger partial charge in [-0.25, -0.2) is 0 Å². The Morgan fingerprint density at radius 1 is 1.38 bits per heavy atom. The monoisotopic (exact) mass is 426 g/mol. The predicted molar refractivity (Wildman–Crippen MR) is 102 cm³/mol. The number of allylic oxidation sites excluding steroid dienone is 5. The Labute approximate surface area is 169 Å². The van der Waals surface area contributed by atoms with Gasteiger partial charge in [0.25, 0.3) is 6.47 Å². The van der Waals surface area contributed by atoms with Crippen LogP contribution in [0.3, 0.4) is 0 Å². The van der Waals surface area contributed by atoms with Gasteiger partial charge in [0.1, 0.15) is 7.05 Å². The molecule has 1 heterocycles. The molecule has 29 heavy (non-hydrogen) atoms. The van der Waals surface area contributed by atoms with E-state index in [2.05, 4.69) is 9.84 Å². The van der Waals surface area contributed by atoms with Gasteiger partial charge < -0.3 is 10.5 Å². The average Bonchev–Trinajstić information content (AvgIpc) is 3.00. The summed E-state index contributed by atoms with van der Waals surface area (Å²) in [6, 6.07) is 4.41. The van der Waals surface area contributed by atoms with Gasteiger partial charge in [-0.3, -0.25) is 9.59 Å². The zero-order valence-electron chi connectivity index (χ0n) is 15.1. The van der Waals surface area contributed by atoms with Gasteiger partial charge in [-0.2, -0.15) is 13.2 Å². The Kier molecular flexibility index (Phi) is 5.14. The first-order valence-electron chi connectivity index (χ1n) is 8.36. The van der Waals surface area contributed by atoms with Crippen LogP contribution in [0, 0.1) is 0 Å². The minimum absolute atomic E-state index is 0.0544. The molecule has 10 heteroatoms. The number of benzene rings is 1. The van der Waals surface area contributed by atoms with E-state index in [1.807, 2.05) is 0 Å². The molecule has 0 aromatic heterocycles. The van der Waals surface area contributed by atoms with Gasteiger partial charge >= 0.3 is 6.18 Å². The third-order valence-corrected chi connectivity index (χ3v) is 5.06. The van der Waals surface area contributed by atoms with Crippen molar-refractivity contribution >= 4 is 35.4 Å². The number of carbonyl (C=O) groups excluding carboxylic acids is 2. The molecule has 152 valence electrons. The number of rotatable bonds is 5. The molecule has 0 saturated carbocycles. The molecule has 0 fully saturated rings. The van der Waals surface area contributed by atoms with Crippen molar-refractivity contribution in [3.63, 3.8) is 0 Å². The average molecular weight is 427 g/mol. The van der Waals surface area contributed by atoms with Crippen LogP contribution in [-0.4, -0.2) is 31.3 Å². The lowest BCUT2D eigenvalue weighted by Crippen LogP contribution is -2.36. The highest BCUT2D eigenvalue weighted by molar-refractivity contribution is 6.27. The first kappa shape index (κ1) is 20.8. The molecule has 2 aliphatic rings. The highest BCUT2D eigenvalue weighted by Gasteiger charge is 2.51. The van der Waals surface area contributed by atoms with E-state index in [0.29, 0.717) is 0 Å². The van der Waals surface area contributed by atoms with Crippen molar-refractivity contribution in [2.75, 3.05) is 7.05 Å². The fourth-order valence-corrected chi connectivity index (χ4v) is 3.73. The molecule has 6 nitrogen and oxygen atoms in total. The van der Waals surface area contributed by atoms with Crippen LogP contribution in [0.4, 0.5) is 18.9 Å². The lowest BCUT2D eigenvalue weighted by molar-refractivity contribution is -0.124. The normalized spacial score (nSPS) is 26.1. The number of primary amides is 1. The van der Waals surface area contributed by atoms with Crippen LogP contribution in [0.5, 0.6) is 0 Å². The van der Waals surface area contributed by atoms with Crippen LogP contribution in [0.25, 0.3) is 0 Å². The highest BCUT2D eigenvalue weighted by Crippen LogP contribution is 2.47. The predicted octanol–water partition coefficient (Wildman–Crippen LogP) is 3.62. The van der Waals surface area contributed by atoms with Crippen LogP contribution in [0.15, 0.2) is 59.6 Å². The largest absolute Gasteiger partial charge is 0.442 e. The summed E-state index contributed by atoms with van der Waals surface area (Å²) < 4.78 is 44.0. The topological polar surface area (TPSA) is 81.8 Å². The number of nitrogens with two attached hydrogens (primary N) is 1. The molecule has 1 aliphatic carbocycles. The van der Waals surface area contributed by atoms with Gasteiger partial charge in [0.15, 0.2) is 11.9 Å². The molecule has 0 spiro atoms. The van der Waals surface area contributed by atoms with Crippen LogP contribution in [0.2, 0.25) is 0 Å². The minimum atomic E-state index is -4.86. The number of hydrogen-bond acceptors (Lipinski definition) is 4. The minimum Gasteiger partial charge on any atom is -0.420 e. The summed E-state index contributed by atoms with van der Waals surface area (Å²) in [6.07, 6.45) is 3.25. The Morgan fingerprint density at radius 3 is 2.66 bits per heavy atom. The SMILES string of the molecule is C[N+]1(c2cccc(C(N)=O)c2C2(Cl)C=CC=CC2)C=C(OC=O)C(C(F)(F)F)=N1. The summed E-state index contributed by atoms with van der Waals surface area (Å²) in [5, 5.41) is 3.75. The fourth-order valence-electron chi connectivity index (χ4n) is 3.37. The molecule has 2 unspecified atom stereocenters. The third kappa shape index (κ3) is 3.70. The van der Waals surface area contributed by atoms with Gasteiger partial charge in [-0.1, -0.05) is 35.5 Å². The van der Waals surface area contributed by atoms with Crippen molar-refractivity contribution in [3.8, 4) is 0 Å². The number of hydrogen-bond donors (Lipinski definition) is 1. The zero-order valence-corrected chi connectivity index (χ0v) is 15.9. The second-order valence-corrected chi connectivity index (χ2v) is 7.27. The van der Waals surface area contributed by atoms with Gasteiger partial charge in [0, 0.05) is 6.07 Å². The second-order valence-electron chi connectivity index (χ2n) is 6.60. The molecule has 0 radical (unpaired) electrons. The molecule has 2 atom stereocenters. The number of alkyl halides is 4. The van der Waals surface area contributed by atoms with Gasteiger partial charge in [-0.15, -0.1) is 16.2 Å². The van der Waals surface area contributed by atoms with Crippen molar-refractivity contribution < 1.29 is 27.5 Å². The van der Waals surface area contributed by atoms with E-state index in [-0.39, 0.29) is 29.7 Å². The van der Waals surface area contributed by atoms with Crippen molar-refractivity contribution in [3.05, 3.63) is 65.6 Å². The molecular weight excluding hydrogens is 411 g/mol. The maximum atomic E-state index is 13.4. The quantitative estimate of drug-likeness (QED) is 0.443. The molecule has 1 aliphatic heterocycles. The van der Waals surface area contributed by atoms with E-state index < -0.39 is 33.0 Å². The maximum absolute atomic E-state index is 13.4. The lowest BCUT2D eigenvalue weighted by atomic mass is 9.86. The zero-order chi connectivity index (χ0) is 21.4. The van der Waals surface area contributed by atoms with E-state index in [9.17, 15) is 22.8 Å². The molecule has 3 rings (SSSR count). The van der Waals surface area contributed by atoms with Crippen LogP contribution >= 0.6 is 11.6 Å². The van der Waals surface area contributed by atoms with E-state index in [1.54, 1.807) is 24.3 Å². The number of nitrogens with zero attached hydrogens (tertiary/aromatic N) is 2. The Bertz CT molecular complexity index is 1000. The van der Waals surface area contributed by atoms with Crippen molar-refractivity contribution in [2.45, 2.75) is 17.5 Å². The highest BCUT2D eigenvalue weighted by atomic mass is 35.5. The Morgan fingerprint density at radius 2 is 2.10 bits per heavy atom. The Balaban J connectivity index is 2.29. The van der Waals surface area contributed by atoms with Crippen molar-refractivity contribution in [2.24, 2.45) is 10.8 Å². The second kappa shape index (κ2) is 7.16. The smallest absolute Gasteiger partial charge is 0.420 e. The van der Waals surface area contributed by atoms with Crippen molar-refractivity contribution in [1.29, 1.82) is 0 Å². The molecule has 1 amide bonds. The summed E-state index contributed by atoms with van der Waals surface area (Å²) in [4.78, 5) is 21.5. The fraction of sp³-hybridized carbons (Fsp3) is 0.211. The maximum Gasteiger partial charge on any atom is 0.442 e. The van der Waals surface area contributed by atoms with Gasteiger partial charge in [0.2, 0.25) is 17.4 Å². The number of carbonyl (C=O) groups is 2. The summed E-state index contributed by atoms with van der Waals surface area (Å²) in [7, 11) is 1.35. The molecular formula is C19H16ClF3N3O3+. The first-order valence-corrected chi connectivity index (χ1v) is 8.74. The lowest BCUT2D eigenvalue weighted by Gasteiger charge is -2.31.